The molecule has 1 atom stereocenters. The van der Waals surface area contributed by atoms with Crippen LogP contribution in [0.4, 0.5) is 5.95 Å². The van der Waals surface area contributed by atoms with Gasteiger partial charge in [-0.2, -0.15) is 5.10 Å². The third-order valence-electron chi connectivity index (χ3n) is 3.46. The van der Waals surface area contributed by atoms with Crippen LogP contribution in [0.3, 0.4) is 0 Å². The third kappa shape index (κ3) is 2.94. The van der Waals surface area contributed by atoms with Gasteiger partial charge in [-0.05, 0) is 40.3 Å². The minimum absolute atomic E-state index is 0.663. The van der Waals surface area contributed by atoms with Crippen molar-refractivity contribution in [1.82, 2.24) is 19.7 Å². The molecule has 1 fully saturated rings. The third-order valence-corrected chi connectivity index (χ3v) is 3.87. The summed E-state index contributed by atoms with van der Waals surface area (Å²) in [5, 5.41) is 4.22. The van der Waals surface area contributed by atoms with Crippen LogP contribution in [0.1, 0.15) is 12.0 Å². The van der Waals surface area contributed by atoms with Crippen molar-refractivity contribution in [3.63, 3.8) is 0 Å². The van der Waals surface area contributed by atoms with Gasteiger partial charge in [0.25, 0.3) is 0 Å². The van der Waals surface area contributed by atoms with Crippen molar-refractivity contribution in [2.24, 2.45) is 13.0 Å². The number of aromatic nitrogens is 4. The van der Waals surface area contributed by atoms with E-state index in [4.69, 9.17) is 0 Å². The Morgan fingerprint density at radius 2 is 2.11 bits per heavy atom. The Bertz CT molecular complexity index is 550. The Morgan fingerprint density at radius 1 is 1.32 bits per heavy atom. The van der Waals surface area contributed by atoms with E-state index in [2.05, 4.69) is 42.1 Å². The summed E-state index contributed by atoms with van der Waals surface area (Å²) in [6.07, 6.45) is 9.93. The van der Waals surface area contributed by atoms with E-state index in [9.17, 15) is 0 Å². The van der Waals surface area contributed by atoms with Gasteiger partial charge >= 0.3 is 0 Å². The Balaban J connectivity index is 1.62. The van der Waals surface area contributed by atoms with Crippen LogP contribution in [0.2, 0.25) is 0 Å². The summed E-state index contributed by atoms with van der Waals surface area (Å²) in [4.78, 5) is 11.0. The van der Waals surface area contributed by atoms with Gasteiger partial charge in [0.15, 0.2) is 0 Å². The number of aryl methyl sites for hydroxylation is 1. The monoisotopic (exact) mass is 321 g/mol. The highest BCUT2D eigenvalue weighted by molar-refractivity contribution is 9.10. The second-order valence-electron chi connectivity index (χ2n) is 5.03. The molecule has 0 radical (unpaired) electrons. The molecular formula is C13H16BrN5. The predicted octanol–water partition coefficient (Wildman–Crippen LogP) is 2.04. The topological polar surface area (TPSA) is 46.8 Å². The molecule has 1 aliphatic heterocycles. The lowest BCUT2D eigenvalue weighted by atomic mass is 10.0. The molecule has 1 saturated heterocycles. The quantitative estimate of drug-likeness (QED) is 0.868. The van der Waals surface area contributed by atoms with E-state index in [1.807, 2.05) is 17.9 Å². The first-order chi connectivity index (χ1) is 9.20. The zero-order chi connectivity index (χ0) is 13.2. The predicted molar refractivity (Wildman–Crippen MR) is 77.0 cm³/mol. The Labute approximate surface area is 120 Å². The van der Waals surface area contributed by atoms with Crippen LogP contribution < -0.4 is 4.90 Å². The lowest BCUT2D eigenvalue weighted by molar-refractivity contribution is 0.585. The van der Waals surface area contributed by atoms with Gasteiger partial charge < -0.3 is 4.90 Å². The van der Waals surface area contributed by atoms with Crippen molar-refractivity contribution in [2.45, 2.75) is 12.8 Å². The first kappa shape index (κ1) is 12.6. The molecule has 2 aromatic rings. The van der Waals surface area contributed by atoms with Crippen molar-refractivity contribution in [2.75, 3.05) is 18.0 Å². The SMILES string of the molecule is Cn1cc(CC2CCN(c3ncc(Br)cn3)C2)cn1. The standard InChI is InChI=1S/C13H16BrN5/c1-18-8-11(5-17-18)4-10-2-3-19(9-10)13-15-6-12(14)7-16-13/h5-8,10H,2-4,9H2,1H3. The normalized spacial score (nSPS) is 19.1. The van der Waals surface area contributed by atoms with Gasteiger partial charge in [0.1, 0.15) is 0 Å². The van der Waals surface area contributed by atoms with E-state index < -0.39 is 0 Å². The molecule has 19 heavy (non-hydrogen) atoms. The minimum Gasteiger partial charge on any atom is -0.341 e. The molecule has 1 unspecified atom stereocenters. The van der Waals surface area contributed by atoms with E-state index in [0.29, 0.717) is 5.92 Å². The van der Waals surface area contributed by atoms with Crippen LogP contribution in [0.5, 0.6) is 0 Å². The van der Waals surface area contributed by atoms with Gasteiger partial charge in [0.2, 0.25) is 5.95 Å². The van der Waals surface area contributed by atoms with Crippen molar-refractivity contribution in [1.29, 1.82) is 0 Å². The Morgan fingerprint density at radius 3 is 2.79 bits per heavy atom. The summed E-state index contributed by atoms with van der Waals surface area (Å²) in [7, 11) is 1.96. The van der Waals surface area contributed by atoms with Gasteiger partial charge in [-0.3, -0.25) is 4.68 Å². The lowest BCUT2D eigenvalue weighted by Gasteiger charge is -2.15. The Hall–Kier alpha value is -1.43. The molecule has 0 spiro atoms. The molecule has 100 valence electrons. The molecule has 0 amide bonds. The Kier molecular flexibility index (Phi) is 3.50. The number of rotatable bonds is 3. The second kappa shape index (κ2) is 5.28. The van der Waals surface area contributed by atoms with Crippen molar-refractivity contribution in [3.05, 3.63) is 34.8 Å². The van der Waals surface area contributed by atoms with Crippen molar-refractivity contribution < 1.29 is 0 Å². The van der Waals surface area contributed by atoms with Crippen molar-refractivity contribution >= 4 is 21.9 Å². The summed E-state index contributed by atoms with van der Waals surface area (Å²) in [6, 6.07) is 0. The minimum atomic E-state index is 0.663. The summed E-state index contributed by atoms with van der Waals surface area (Å²) in [5.41, 5.74) is 1.31. The first-order valence-corrected chi connectivity index (χ1v) is 7.20. The van der Waals surface area contributed by atoms with E-state index in [1.165, 1.54) is 12.0 Å². The maximum absolute atomic E-state index is 4.36. The molecule has 0 bridgehead atoms. The number of hydrogen-bond acceptors (Lipinski definition) is 4. The number of nitrogens with zero attached hydrogens (tertiary/aromatic N) is 5. The number of anilines is 1. The molecular weight excluding hydrogens is 306 g/mol. The van der Waals surface area contributed by atoms with Gasteiger partial charge in [-0.1, -0.05) is 0 Å². The van der Waals surface area contributed by atoms with Crippen LogP contribution in [0, 0.1) is 5.92 Å². The lowest BCUT2D eigenvalue weighted by Crippen LogP contribution is -2.22. The maximum Gasteiger partial charge on any atom is 0.225 e. The van der Waals surface area contributed by atoms with E-state index in [0.717, 1.165) is 29.9 Å². The maximum atomic E-state index is 4.36. The fourth-order valence-electron chi connectivity index (χ4n) is 2.56. The van der Waals surface area contributed by atoms with E-state index >= 15 is 0 Å². The second-order valence-corrected chi connectivity index (χ2v) is 5.94. The van der Waals surface area contributed by atoms with E-state index in [1.54, 1.807) is 12.4 Å². The molecule has 1 aliphatic rings. The van der Waals surface area contributed by atoms with Gasteiger partial charge in [0.05, 0.1) is 10.7 Å². The molecule has 2 aromatic heterocycles. The van der Waals surface area contributed by atoms with Crippen LogP contribution in [-0.2, 0) is 13.5 Å². The summed E-state index contributed by atoms with van der Waals surface area (Å²) in [5.74, 6) is 1.49. The average molecular weight is 322 g/mol. The first-order valence-electron chi connectivity index (χ1n) is 6.41. The zero-order valence-electron chi connectivity index (χ0n) is 10.8. The fraction of sp³-hybridized carbons (Fsp3) is 0.462. The van der Waals surface area contributed by atoms with Crippen LogP contribution in [0.15, 0.2) is 29.3 Å². The molecule has 6 heteroatoms. The molecule has 0 saturated carbocycles. The van der Waals surface area contributed by atoms with Crippen molar-refractivity contribution in [3.8, 4) is 0 Å². The number of hydrogen-bond donors (Lipinski definition) is 0. The molecule has 0 aromatic carbocycles. The van der Waals surface area contributed by atoms with Gasteiger partial charge in [0, 0.05) is 38.7 Å². The van der Waals surface area contributed by atoms with Crippen LogP contribution in [-0.4, -0.2) is 32.8 Å². The summed E-state index contributed by atoms with van der Waals surface area (Å²) in [6.45, 7) is 2.06. The zero-order valence-corrected chi connectivity index (χ0v) is 12.4. The van der Waals surface area contributed by atoms with E-state index in [-0.39, 0.29) is 0 Å². The summed E-state index contributed by atoms with van der Waals surface area (Å²) >= 11 is 3.36. The highest BCUT2D eigenvalue weighted by Gasteiger charge is 2.24. The molecule has 0 aliphatic carbocycles. The fourth-order valence-corrected chi connectivity index (χ4v) is 2.77. The van der Waals surface area contributed by atoms with Crippen LogP contribution in [0.25, 0.3) is 0 Å². The smallest absolute Gasteiger partial charge is 0.225 e. The van der Waals surface area contributed by atoms with Gasteiger partial charge in [-0.15, -0.1) is 0 Å². The largest absolute Gasteiger partial charge is 0.341 e. The molecule has 0 N–H and O–H groups in total. The molecule has 5 nitrogen and oxygen atoms in total. The highest BCUT2D eigenvalue weighted by Crippen LogP contribution is 2.23. The summed E-state index contributed by atoms with van der Waals surface area (Å²) < 4.78 is 2.78. The molecule has 3 heterocycles. The molecule has 3 rings (SSSR count). The number of halogens is 1. The average Bonchev–Trinajstić information content (AvgIpc) is 3.00. The highest BCUT2D eigenvalue weighted by atomic mass is 79.9. The van der Waals surface area contributed by atoms with Crippen LogP contribution >= 0.6 is 15.9 Å². The van der Waals surface area contributed by atoms with Gasteiger partial charge in [-0.25, -0.2) is 9.97 Å².